The van der Waals surface area contributed by atoms with Crippen LogP contribution >= 0.6 is 22.7 Å². The normalized spacial score (nSPS) is 25.4. The predicted octanol–water partition coefficient (Wildman–Crippen LogP) is 4.19. The number of ketones is 1. The smallest absolute Gasteiger partial charge is 0.208 e. The van der Waals surface area contributed by atoms with E-state index in [-0.39, 0.29) is 23.8 Å². The molecular weight excluding hydrogens is 430 g/mol. The number of aliphatic hydroxyl groups excluding tert-OH is 1. The molecule has 0 bridgehead atoms. The molecule has 6 nitrogen and oxygen atoms in total. The Hall–Kier alpha value is -2.13. The molecule has 3 aromatic heterocycles. The van der Waals surface area contributed by atoms with Crippen LogP contribution in [0.3, 0.4) is 0 Å². The monoisotopic (exact) mass is 454 g/mol. The van der Waals surface area contributed by atoms with Crippen LogP contribution in [0.2, 0.25) is 0 Å². The molecule has 3 aromatic rings. The van der Waals surface area contributed by atoms with E-state index in [1.54, 1.807) is 17.5 Å². The number of rotatable bonds is 5. The standard InChI is InChI=1S/C23H24N3O3S2/c1-12-7-15(8-18(12)27)26-23-17(10-24-11-25-23)20(28)19-9-16(13(2)31-19)21-22-14(3-5-29-21)4-6-30-22/h4,6,9-12,15,18,21,27H,1,3,5,7-8H2,2H3,(H,24,25,26)/t12-,15-,18+,21+/m1/s1. The van der Waals surface area contributed by atoms with Crippen LogP contribution in [-0.4, -0.2) is 39.6 Å². The van der Waals surface area contributed by atoms with E-state index in [4.69, 9.17) is 4.74 Å². The number of aliphatic hydroxyl groups is 1. The topological polar surface area (TPSA) is 84.3 Å². The van der Waals surface area contributed by atoms with Gasteiger partial charge in [0.1, 0.15) is 18.2 Å². The fourth-order valence-electron chi connectivity index (χ4n) is 4.40. The van der Waals surface area contributed by atoms with Gasteiger partial charge in [-0.25, -0.2) is 9.97 Å². The summed E-state index contributed by atoms with van der Waals surface area (Å²) in [6.07, 6.45) is 4.72. The molecule has 1 aliphatic heterocycles. The number of carbonyl (C=O) groups excluding carboxylic acids is 1. The van der Waals surface area contributed by atoms with Crippen LogP contribution < -0.4 is 5.32 Å². The van der Waals surface area contributed by atoms with E-state index in [9.17, 15) is 9.90 Å². The number of carbonyl (C=O) groups is 1. The van der Waals surface area contributed by atoms with Gasteiger partial charge in [-0.1, -0.05) is 0 Å². The van der Waals surface area contributed by atoms with Crippen molar-refractivity contribution in [1.29, 1.82) is 0 Å². The highest BCUT2D eigenvalue weighted by Crippen LogP contribution is 2.40. The highest BCUT2D eigenvalue weighted by atomic mass is 32.1. The van der Waals surface area contributed by atoms with E-state index >= 15 is 0 Å². The van der Waals surface area contributed by atoms with Crippen LogP contribution in [-0.2, 0) is 11.2 Å². The summed E-state index contributed by atoms with van der Waals surface area (Å²) in [5, 5.41) is 15.4. The minimum atomic E-state index is -0.432. The average Bonchev–Trinajstić information content (AvgIpc) is 3.47. The largest absolute Gasteiger partial charge is 0.393 e. The molecule has 0 aromatic carbocycles. The molecule has 1 saturated carbocycles. The number of aromatic nitrogens is 2. The maximum Gasteiger partial charge on any atom is 0.208 e. The Morgan fingerprint density at radius 3 is 3.06 bits per heavy atom. The molecule has 8 heteroatoms. The molecule has 0 saturated heterocycles. The van der Waals surface area contributed by atoms with Gasteiger partial charge < -0.3 is 15.2 Å². The van der Waals surface area contributed by atoms with E-state index in [0.29, 0.717) is 29.3 Å². The van der Waals surface area contributed by atoms with Crippen molar-refractivity contribution < 1.29 is 14.6 Å². The summed E-state index contributed by atoms with van der Waals surface area (Å²) in [4.78, 5) is 24.8. The van der Waals surface area contributed by atoms with Crippen molar-refractivity contribution >= 4 is 34.3 Å². The second kappa shape index (κ2) is 8.43. The highest BCUT2D eigenvalue weighted by Gasteiger charge is 2.32. The lowest BCUT2D eigenvalue weighted by molar-refractivity contribution is 0.0727. The molecule has 31 heavy (non-hydrogen) atoms. The molecule has 0 spiro atoms. The second-order valence-corrected chi connectivity index (χ2v) is 10.4. The van der Waals surface area contributed by atoms with Crippen LogP contribution in [0.4, 0.5) is 5.82 Å². The summed E-state index contributed by atoms with van der Waals surface area (Å²) in [5.74, 6) is 0.390. The first-order valence-corrected chi connectivity index (χ1v) is 12.1. The SMILES string of the molecule is [CH2][C@@H]1C[C@@H](Nc2ncncc2C(=O)c2cc([C@@H]3OCCc4ccsc43)c(C)s2)C[C@@H]1O. The maximum atomic E-state index is 13.4. The second-order valence-electron chi connectivity index (χ2n) is 8.19. The van der Waals surface area contributed by atoms with E-state index in [1.807, 2.05) is 13.0 Å². The minimum absolute atomic E-state index is 0.0152. The van der Waals surface area contributed by atoms with Gasteiger partial charge in [0, 0.05) is 27.6 Å². The van der Waals surface area contributed by atoms with Gasteiger partial charge in [-0.05, 0) is 62.1 Å². The van der Waals surface area contributed by atoms with E-state index in [0.717, 1.165) is 23.3 Å². The van der Waals surface area contributed by atoms with E-state index < -0.39 is 6.10 Å². The zero-order valence-electron chi connectivity index (χ0n) is 17.2. The maximum absolute atomic E-state index is 13.4. The van der Waals surface area contributed by atoms with Gasteiger partial charge in [0.05, 0.1) is 23.2 Å². The lowest BCUT2D eigenvalue weighted by Crippen LogP contribution is -2.20. The van der Waals surface area contributed by atoms with Crippen LogP contribution in [0.5, 0.6) is 0 Å². The number of hydrogen-bond donors (Lipinski definition) is 2. The van der Waals surface area contributed by atoms with E-state index in [2.05, 4.69) is 33.7 Å². The van der Waals surface area contributed by atoms with Crippen molar-refractivity contribution in [3.63, 3.8) is 0 Å². The summed E-state index contributed by atoms with van der Waals surface area (Å²) < 4.78 is 6.10. The zero-order chi connectivity index (χ0) is 21.5. The molecule has 5 rings (SSSR count). The van der Waals surface area contributed by atoms with Gasteiger partial charge >= 0.3 is 0 Å². The van der Waals surface area contributed by atoms with Gasteiger partial charge in [-0.15, -0.1) is 22.7 Å². The summed E-state index contributed by atoms with van der Waals surface area (Å²) >= 11 is 3.19. The molecule has 4 heterocycles. The Morgan fingerprint density at radius 2 is 2.26 bits per heavy atom. The van der Waals surface area contributed by atoms with Crippen molar-refractivity contribution in [3.8, 4) is 0 Å². The Balaban J connectivity index is 1.42. The molecule has 161 valence electrons. The number of nitrogens with zero attached hydrogens (tertiary/aromatic N) is 2. The lowest BCUT2D eigenvalue weighted by Gasteiger charge is -2.23. The Kier molecular flexibility index (Phi) is 5.64. The number of hydrogen-bond acceptors (Lipinski definition) is 8. The van der Waals surface area contributed by atoms with Gasteiger partial charge in [0.25, 0.3) is 0 Å². The molecule has 2 aliphatic rings. The zero-order valence-corrected chi connectivity index (χ0v) is 18.8. The van der Waals surface area contributed by atoms with Gasteiger partial charge in [0.2, 0.25) is 5.78 Å². The van der Waals surface area contributed by atoms with Crippen molar-refractivity contribution in [2.45, 2.75) is 44.4 Å². The molecule has 2 N–H and O–H groups in total. The van der Waals surface area contributed by atoms with Crippen LogP contribution in [0.1, 0.15) is 55.1 Å². The Bertz CT molecular complexity index is 1100. The van der Waals surface area contributed by atoms with Crippen LogP contribution in [0.25, 0.3) is 0 Å². The average molecular weight is 455 g/mol. The van der Waals surface area contributed by atoms with E-state index in [1.165, 1.54) is 28.1 Å². The fraction of sp³-hybridized carbons (Fsp3) is 0.391. The van der Waals surface area contributed by atoms with Crippen molar-refractivity contribution in [3.05, 3.63) is 68.3 Å². The van der Waals surface area contributed by atoms with Gasteiger partial charge in [-0.3, -0.25) is 4.79 Å². The van der Waals surface area contributed by atoms with Crippen molar-refractivity contribution in [2.75, 3.05) is 11.9 Å². The van der Waals surface area contributed by atoms with Crippen LogP contribution in [0, 0.1) is 19.8 Å². The molecule has 4 atom stereocenters. The number of anilines is 1. The highest BCUT2D eigenvalue weighted by molar-refractivity contribution is 7.14. The number of nitrogens with one attached hydrogen (secondary N) is 1. The number of fused-ring (bicyclic) bond motifs is 1. The fourth-order valence-corrected chi connectivity index (χ4v) is 6.42. The summed E-state index contributed by atoms with van der Waals surface area (Å²) in [6, 6.07) is 4.16. The minimum Gasteiger partial charge on any atom is -0.393 e. The van der Waals surface area contributed by atoms with Gasteiger partial charge in [0.15, 0.2) is 0 Å². The molecule has 1 radical (unpaired) electrons. The molecule has 1 fully saturated rings. The first-order valence-electron chi connectivity index (χ1n) is 10.4. The number of thiophene rings is 2. The molecule has 1 aliphatic carbocycles. The van der Waals surface area contributed by atoms with Crippen LogP contribution in [0.15, 0.2) is 30.0 Å². The third kappa shape index (κ3) is 3.93. The summed E-state index contributed by atoms with van der Waals surface area (Å²) in [6.45, 7) is 6.71. The number of ether oxygens (including phenoxy) is 1. The number of aryl methyl sites for hydroxylation is 1. The Labute approximate surface area is 189 Å². The third-order valence-electron chi connectivity index (χ3n) is 6.09. The lowest BCUT2D eigenvalue weighted by atomic mass is 10.0. The molecule has 0 unspecified atom stereocenters. The van der Waals surface area contributed by atoms with Crippen molar-refractivity contribution in [2.24, 2.45) is 5.92 Å². The quantitative estimate of drug-likeness (QED) is 0.563. The first-order chi connectivity index (χ1) is 15.0. The summed E-state index contributed by atoms with van der Waals surface area (Å²) in [5.41, 5.74) is 2.84. The Morgan fingerprint density at radius 1 is 1.39 bits per heavy atom. The van der Waals surface area contributed by atoms with Crippen molar-refractivity contribution in [1.82, 2.24) is 9.97 Å². The third-order valence-corrected chi connectivity index (χ3v) is 8.16. The van der Waals surface area contributed by atoms with Gasteiger partial charge in [-0.2, -0.15) is 0 Å². The molecule has 0 amide bonds. The molecular formula is C23H24N3O3S2. The predicted molar refractivity (Wildman–Crippen MR) is 122 cm³/mol. The summed E-state index contributed by atoms with van der Waals surface area (Å²) in [7, 11) is 0. The first kappa shape index (κ1) is 20.8.